The van der Waals surface area contributed by atoms with Gasteiger partial charge in [0, 0.05) is 23.3 Å². The summed E-state index contributed by atoms with van der Waals surface area (Å²) >= 11 is 5.38. The average molecular weight is 427 g/mol. The van der Waals surface area contributed by atoms with E-state index in [4.69, 9.17) is 26.8 Å². The number of hydrogen-bond acceptors (Lipinski definition) is 7. The third kappa shape index (κ3) is 3.62. The molecule has 11 heteroatoms. The molecule has 0 aliphatic carbocycles. The van der Waals surface area contributed by atoms with Gasteiger partial charge in [-0.2, -0.15) is 5.10 Å². The maximum Gasteiger partial charge on any atom is 0.269 e. The number of hydrogen-bond donors (Lipinski definition) is 2. The molecule has 2 aliphatic heterocycles. The molecule has 4 rings (SSSR count). The molecule has 0 saturated heterocycles. The third-order valence-electron chi connectivity index (χ3n) is 4.79. The van der Waals surface area contributed by atoms with Crippen LogP contribution in [0.25, 0.3) is 0 Å². The molecule has 0 fully saturated rings. The second-order valence-electron chi connectivity index (χ2n) is 6.71. The van der Waals surface area contributed by atoms with Gasteiger partial charge >= 0.3 is 0 Å². The van der Waals surface area contributed by atoms with Crippen LogP contribution in [-0.2, 0) is 11.2 Å². The van der Waals surface area contributed by atoms with Crippen LogP contribution in [0.5, 0.6) is 11.5 Å². The summed E-state index contributed by atoms with van der Waals surface area (Å²) in [6, 6.07) is 9.75. The van der Waals surface area contributed by atoms with E-state index in [0.717, 1.165) is 11.1 Å². The zero-order valence-electron chi connectivity index (χ0n) is 15.8. The number of carbonyl (C=O) groups is 1. The van der Waals surface area contributed by atoms with E-state index in [-0.39, 0.29) is 23.6 Å². The first-order valence-electron chi connectivity index (χ1n) is 9.02. The van der Waals surface area contributed by atoms with Crippen molar-refractivity contribution in [2.45, 2.75) is 19.4 Å². The van der Waals surface area contributed by atoms with Gasteiger partial charge in [0.1, 0.15) is 0 Å². The largest absolute Gasteiger partial charge is 0.454 e. The van der Waals surface area contributed by atoms with Crippen molar-refractivity contribution in [3.8, 4) is 11.5 Å². The Bertz CT molecular complexity index is 1060. The minimum Gasteiger partial charge on any atom is -0.454 e. The lowest BCUT2D eigenvalue weighted by Crippen LogP contribution is -2.47. The van der Waals surface area contributed by atoms with Gasteiger partial charge in [-0.3, -0.25) is 25.8 Å². The predicted octanol–water partition coefficient (Wildman–Crippen LogP) is 1.86. The molecule has 2 aliphatic rings. The van der Waals surface area contributed by atoms with Crippen LogP contribution in [0.1, 0.15) is 23.6 Å². The minimum atomic E-state index is -0.455. The van der Waals surface area contributed by atoms with E-state index in [9.17, 15) is 14.9 Å². The van der Waals surface area contributed by atoms with Crippen molar-refractivity contribution < 1.29 is 19.2 Å². The summed E-state index contributed by atoms with van der Waals surface area (Å²) in [5, 5.41) is 17.6. The molecule has 2 N–H and O–H groups in total. The van der Waals surface area contributed by atoms with Gasteiger partial charge in [-0.25, -0.2) is 5.01 Å². The minimum absolute atomic E-state index is 0.0172. The number of thiocarbonyl (C=S) groups is 1. The highest BCUT2D eigenvalue weighted by Crippen LogP contribution is 2.37. The second-order valence-corrected chi connectivity index (χ2v) is 7.09. The zero-order chi connectivity index (χ0) is 21.3. The SMILES string of the molecule is CC1Cc2cc3c(cc2C(c2ccc([N+](=O)[O-])cc2)=NN1C(=S)NNC=O)OCO3. The van der Waals surface area contributed by atoms with Gasteiger partial charge in [0.25, 0.3) is 5.69 Å². The van der Waals surface area contributed by atoms with Crippen molar-refractivity contribution in [3.05, 3.63) is 63.2 Å². The number of nitrogens with zero attached hydrogens (tertiary/aromatic N) is 3. The van der Waals surface area contributed by atoms with Crippen LogP contribution >= 0.6 is 12.2 Å². The lowest BCUT2D eigenvalue weighted by atomic mass is 9.94. The second kappa shape index (κ2) is 7.95. The van der Waals surface area contributed by atoms with Crippen LogP contribution in [0.15, 0.2) is 41.5 Å². The highest BCUT2D eigenvalue weighted by atomic mass is 32.1. The molecule has 1 amide bonds. The number of benzene rings is 2. The molecule has 154 valence electrons. The molecule has 1 unspecified atom stereocenters. The molecule has 0 spiro atoms. The van der Waals surface area contributed by atoms with Gasteiger partial charge in [0.15, 0.2) is 11.5 Å². The number of non-ortho nitro benzene ring substituents is 1. The number of carbonyl (C=O) groups excluding carboxylic acids is 1. The first kappa shape index (κ1) is 19.6. The first-order valence-corrected chi connectivity index (χ1v) is 9.43. The molecule has 0 saturated carbocycles. The van der Waals surface area contributed by atoms with E-state index in [1.54, 1.807) is 17.1 Å². The van der Waals surface area contributed by atoms with Crippen molar-refractivity contribution in [2.24, 2.45) is 5.10 Å². The molecule has 10 nitrogen and oxygen atoms in total. The highest BCUT2D eigenvalue weighted by molar-refractivity contribution is 7.80. The van der Waals surface area contributed by atoms with E-state index >= 15 is 0 Å². The van der Waals surface area contributed by atoms with Crippen LogP contribution in [0, 0.1) is 10.1 Å². The van der Waals surface area contributed by atoms with Gasteiger partial charge in [0.05, 0.1) is 16.7 Å². The number of hydrazone groups is 1. The fraction of sp³-hybridized carbons (Fsp3) is 0.211. The average Bonchev–Trinajstić information content (AvgIpc) is 3.14. The molecule has 0 aromatic heterocycles. The third-order valence-corrected chi connectivity index (χ3v) is 5.08. The van der Waals surface area contributed by atoms with Gasteiger partial charge in [-0.05, 0) is 55.4 Å². The number of nitrogens with one attached hydrogen (secondary N) is 2. The Labute approximate surface area is 176 Å². The predicted molar refractivity (Wildman–Crippen MR) is 111 cm³/mol. The Morgan fingerprint density at radius 2 is 2.00 bits per heavy atom. The molecule has 0 bridgehead atoms. The van der Waals surface area contributed by atoms with Gasteiger partial charge in [0.2, 0.25) is 18.3 Å². The lowest BCUT2D eigenvalue weighted by Gasteiger charge is -2.25. The Hall–Kier alpha value is -3.73. The van der Waals surface area contributed by atoms with Gasteiger partial charge in [-0.15, -0.1) is 0 Å². The summed E-state index contributed by atoms with van der Waals surface area (Å²) in [6.45, 7) is 2.10. The number of amides is 1. The summed E-state index contributed by atoms with van der Waals surface area (Å²) in [5.74, 6) is 1.26. The Balaban J connectivity index is 1.83. The lowest BCUT2D eigenvalue weighted by molar-refractivity contribution is -0.384. The smallest absolute Gasteiger partial charge is 0.269 e. The van der Waals surface area contributed by atoms with E-state index in [0.29, 0.717) is 35.6 Å². The molecular formula is C19H17N5O5S. The molecule has 0 radical (unpaired) electrons. The number of hydrazine groups is 1. The van der Waals surface area contributed by atoms with Gasteiger partial charge < -0.3 is 9.47 Å². The zero-order valence-corrected chi connectivity index (χ0v) is 16.6. The fourth-order valence-corrected chi connectivity index (χ4v) is 3.67. The number of nitro benzene ring substituents is 1. The van der Waals surface area contributed by atoms with Crippen LogP contribution in [0.3, 0.4) is 0 Å². The molecule has 2 aromatic carbocycles. The van der Waals surface area contributed by atoms with Crippen LogP contribution in [-0.4, -0.2) is 40.0 Å². The molecule has 2 aromatic rings. The number of ether oxygens (including phenoxy) is 2. The van der Waals surface area contributed by atoms with Crippen molar-refractivity contribution >= 4 is 35.1 Å². The molecular weight excluding hydrogens is 410 g/mol. The van der Waals surface area contributed by atoms with E-state index in [1.165, 1.54) is 12.1 Å². The van der Waals surface area contributed by atoms with Crippen molar-refractivity contribution in [1.82, 2.24) is 15.9 Å². The summed E-state index contributed by atoms with van der Waals surface area (Å²) < 4.78 is 11.0. The fourth-order valence-electron chi connectivity index (χ4n) is 3.39. The van der Waals surface area contributed by atoms with Crippen molar-refractivity contribution in [1.29, 1.82) is 0 Å². The van der Waals surface area contributed by atoms with Crippen LogP contribution in [0.4, 0.5) is 5.69 Å². The maximum atomic E-state index is 11.0. The molecule has 1 atom stereocenters. The highest BCUT2D eigenvalue weighted by Gasteiger charge is 2.28. The summed E-state index contributed by atoms with van der Waals surface area (Å²) in [4.78, 5) is 21.2. The number of nitro groups is 1. The van der Waals surface area contributed by atoms with Crippen LogP contribution in [0.2, 0.25) is 0 Å². The summed E-state index contributed by atoms with van der Waals surface area (Å²) in [5.41, 5.74) is 7.95. The topological polar surface area (TPSA) is 118 Å². The normalized spacial score (nSPS) is 16.8. The monoisotopic (exact) mass is 427 g/mol. The van der Waals surface area contributed by atoms with E-state index < -0.39 is 4.92 Å². The number of fused-ring (bicyclic) bond motifs is 2. The van der Waals surface area contributed by atoms with Crippen molar-refractivity contribution in [2.75, 3.05) is 6.79 Å². The molecule has 30 heavy (non-hydrogen) atoms. The van der Waals surface area contributed by atoms with E-state index in [2.05, 4.69) is 10.9 Å². The Morgan fingerprint density at radius 1 is 1.30 bits per heavy atom. The quantitative estimate of drug-likeness (QED) is 0.329. The first-order chi connectivity index (χ1) is 14.5. The van der Waals surface area contributed by atoms with Crippen molar-refractivity contribution in [3.63, 3.8) is 0 Å². The van der Waals surface area contributed by atoms with Gasteiger partial charge in [-0.1, -0.05) is 0 Å². The Morgan fingerprint density at radius 3 is 2.67 bits per heavy atom. The standard InChI is InChI=1S/C19H17N5O5S/c1-11-6-13-7-16-17(29-10-28-16)8-15(13)18(22-23(11)19(30)21-20-9-25)12-2-4-14(5-3-12)24(26)27/h2-5,7-9,11H,6,10H2,1H3,(H,20,25)(H,21,30). The van der Waals surface area contributed by atoms with Crippen LogP contribution < -0.4 is 20.3 Å². The molecule has 2 heterocycles. The van der Waals surface area contributed by atoms with E-state index in [1.807, 2.05) is 19.1 Å². The maximum absolute atomic E-state index is 11.0. The Kier molecular flexibility index (Phi) is 5.19. The number of rotatable bonds is 4. The summed E-state index contributed by atoms with van der Waals surface area (Å²) in [7, 11) is 0. The summed E-state index contributed by atoms with van der Waals surface area (Å²) in [6.07, 6.45) is 1.07.